The second kappa shape index (κ2) is 6.92. The maximum Gasteiger partial charge on any atom is 0.227 e. The van der Waals surface area contributed by atoms with E-state index in [2.05, 4.69) is 0 Å². The van der Waals surface area contributed by atoms with Crippen LogP contribution in [0.1, 0.15) is 32.3 Å². The van der Waals surface area contributed by atoms with E-state index >= 15 is 0 Å². The van der Waals surface area contributed by atoms with E-state index in [1.165, 1.54) is 6.92 Å². The molecule has 0 aliphatic carbocycles. The molecule has 0 saturated heterocycles. The number of hydrogen-bond acceptors (Lipinski definition) is 3. The minimum Gasteiger partial charge on any atom is -0.496 e. The second-order valence-electron chi connectivity index (χ2n) is 4.50. The molecule has 0 saturated carbocycles. The maximum absolute atomic E-state index is 11.9. The molecule has 0 aliphatic heterocycles. The van der Waals surface area contributed by atoms with Crippen LogP contribution in [0.3, 0.4) is 0 Å². The van der Waals surface area contributed by atoms with Crippen molar-refractivity contribution in [3.8, 4) is 5.75 Å². The average molecular weight is 263 g/mol. The Balaban J connectivity index is 2.84. The molecule has 1 rings (SSSR count). The molecule has 4 heteroatoms. The summed E-state index contributed by atoms with van der Waals surface area (Å²) >= 11 is 0. The van der Waals surface area contributed by atoms with Gasteiger partial charge in [0.25, 0.3) is 0 Å². The van der Waals surface area contributed by atoms with E-state index in [9.17, 15) is 9.59 Å². The lowest BCUT2D eigenvalue weighted by Crippen LogP contribution is -2.26. The average Bonchev–Trinajstić information content (AvgIpc) is 2.42. The highest BCUT2D eigenvalue weighted by Gasteiger charge is 2.13. The van der Waals surface area contributed by atoms with Gasteiger partial charge in [0.05, 0.1) is 7.11 Å². The summed E-state index contributed by atoms with van der Waals surface area (Å²) in [6, 6.07) is 5.66. The molecule has 0 atom stereocenters. The predicted octanol–water partition coefficient (Wildman–Crippen LogP) is 2.59. The van der Waals surface area contributed by atoms with E-state index < -0.39 is 0 Å². The number of aryl methyl sites for hydroxylation is 1. The number of Topliss-reactive ketones (excluding diaryl/α,β-unsaturated/α-hetero) is 1. The number of methoxy groups -OCH3 is 1. The van der Waals surface area contributed by atoms with E-state index in [-0.39, 0.29) is 18.1 Å². The highest BCUT2D eigenvalue weighted by Crippen LogP contribution is 2.25. The lowest BCUT2D eigenvalue weighted by Gasteiger charge is -2.19. The van der Waals surface area contributed by atoms with Gasteiger partial charge in [-0.2, -0.15) is 0 Å². The third-order valence-electron chi connectivity index (χ3n) is 3.10. The number of carbonyl (C=O) groups excluding carboxylic acids is 2. The summed E-state index contributed by atoms with van der Waals surface area (Å²) in [6.07, 6.45) is 1.38. The fourth-order valence-electron chi connectivity index (χ4n) is 1.84. The number of hydrogen-bond donors (Lipinski definition) is 0. The summed E-state index contributed by atoms with van der Waals surface area (Å²) in [6.45, 7) is 3.54. The molecule has 19 heavy (non-hydrogen) atoms. The fraction of sp³-hybridized carbons (Fsp3) is 0.467. The van der Waals surface area contributed by atoms with Gasteiger partial charge in [-0.3, -0.25) is 4.79 Å². The van der Waals surface area contributed by atoms with Gasteiger partial charge in [-0.05, 0) is 37.1 Å². The van der Waals surface area contributed by atoms with Gasteiger partial charge < -0.3 is 14.4 Å². The van der Waals surface area contributed by atoms with Crippen molar-refractivity contribution in [1.29, 1.82) is 0 Å². The number of ketones is 1. The fourth-order valence-corrected chi connectivity index (χ4v) is 1.84. The first-order valence-electron chi connectivity index (χ1n) is 6.42. The van der Waals surface area contributed by atoms with Crippen LogP contribution in [-0.4, -0.2) is 25.8 Å². The Kier molecular flexibility index (Phi) is 5.55. The molecule has 104 valence electrons. The standard InChI is InChI=1S/C15H21NO3/c1-5-12-10-13(7-8-14(12)19-4)16(3)15(18)9-6-11(2)17/h7-8,10H,5-6,9H2,1-4H3. The maximum atomic E-state index is 11.9. The molecular weight excluding hydrogens is 242 g/mol. The number of amides is 1. The number of benzene rings is 1. The molecule has 0 bridgehead atoms. The molecule has 0 aliphatic rings. The van der Waals surface area contributed by atoms with Crippen LogP contribution in [0.15, 0.2) is 18.2 Å². The van der Waals surface area contributed by atoms with E-state index in [1.807, 2.05) is 25.1 Å². The number of rotatable bonds is 6. The third kappa shape index (κ3) is 4.09. The van der Waals surface area contributed by atoms with Crippen LogP contribution < -0.4 is 9.64 Å². The van der Waals surface area contributed by atoms with Crippen molar-refractivity contribution < 1.29 is 14.3 Å². The van der Waals surface area contributed by atoms with E-state index in [0.29, 0.717) is 6.42 Å². The van der Waals surface area contributed by atoms with Crippen molar-refractivity contribution in [1.82, 2.24) is 0 Å². The van der Waals surface area contributed by atoms with Crippen molar-refractivity contribution in [2.45, 2.75) is 33.1 Å². The quantitative estimate of drug-likeness (QED) is 0.792. The molecule has 4 nitrogen and oxygen atoms in total. The zero-order valence-electron chi connectivity index (χ0n) is 12.0. The zero-order valence-corrected chi connectivity index (χ0v) is 12.0. The Morgan fingerprint density at radius 2 is 1.95 bits per heavy atom. The summed E-state index contributed by atoms with van der Waals surface area (Å²) in [4.78, 5) is 24.4. The number of carbonyl (C=O) groups is 2. The van der Waals surface area contributed by atoms with Crippen LogP contribution in [0.4, 0.5) is 5.69 Å². The number of nitrogens with zero attached hydrogens (tertiary/aromatic N) is 1. The molecule has 0 heterocycles. The summed E-state index contributed by atoms with van der Waals surface area (Å²) in [5.41, 5.74) is 1.89. The molecule has 0 unspecified atom stereocenters. The lowest BCUT2D eigenvalue weighted by molar-refractivity contribution is -0.122. The molecule has 0 fully saturated rings. The van der Waals surface area contributed by atoms with Gasteiger partial charge in [0.1, 0.15) is 11.5 Å². The summed E-state index contributed by atoms with van der Waals surface area (Å²) < 4.78 is 5.26. The Bertz CT molecular complexity index is 468. The molecule has 0 spiro atoms. The number of anilines is 1. The number of ether oxygens (including phenoxy) is 1. The van der Waals surface area contributed by atoms with Crippen LogP contribution >= 0.6 is 0 Å². The minimum atomic E-state index is -0.0533. The molecule has 1 aromatic rings. The summed E-state index contributed by atoms with van der Waals surface area (Å²) in [5, 5.41) is 0. The molecule has 0 radical (unpaired) electrons. The normalized spacial score (nSPS) is 10.1. The Hall–Kier alpha value is -1.84. The van der Waals surface area contributed by atoms with Crippen LogP contribution in [-0.2, 0) is 16.0 Å². The monoisotopic (exact) mass is 263 g/mol. The smallest absolute Gasteiger partial charge is 0.227 e. The molecule has 1 aromatic carbocycles. The first-order valence-corrected chi connectivity index (χ1v) is 6.42. The Labute approximate surface area is 114 Å². The van der Waals surface area contributed by atoms with E-state index in [0.717, 1.165) is 23.4 Å². The first-order chi connectivity index (χ1) is 8.99. The van der Waals surface area contributed by atoms with Gasteiger partial charge >= 0.3 is 0 Å². The third-order valence-corrected chi connectivity index (χ3v) is 3.10. The Morgan fingerprint density at radius 1 is 1.26 bits per heavy atom. The first kappa shape index (κ1) is 15.2. The van der Waals surface area contributed by atoms with Crippen molar-refractivity contribution in [3.05, 3.63) is 23.8 Å². The van der Waals surface area contributed by atoms with Gasteiger partial charge in [0.2, 0.25) is 5.91 Å². The van der Waals surface area contributed by atoms with Crippen LogP contribution in [0.2, 0.25) is 0 Å². The van der Waals surface area contributed by atoms with Crippen LogP contribution in [0.5, 0.6) is 5.75 Å². The van der Waals surface area contributed by atoms with Crippen LogP contribution in [0, 0.1) is 0 Å². The topological polar surface area (TPSA) is 46.6 Å². The van der Waals surface area contributed by atoms with Crippen molar-refractivity contribution in [3.63, 3.8) is 0 Å². The molecule has 0 aromatic heterocycles. The van der Waals surface area contributed by atoms with Gasteiger partial charge in [-0.15, -0.1) is 0 Å². The van der Waals surface area contributed by atoms with Crippen LogP contribution in [0.25, 0.3) is 0 Å². The highest BCUT2D eigenvalue weighted by molar-refractivity contribution is 5.95. The largest absolute Gasteiger partial charge is 0.496 e. The highest BCUT2D eigenvalue weighted by atomic mass is 16.5. The summed E-state index contributed by atoms with van der Waals surface area (Å²) in [5.74, 6) is 0.809. The van der Waals surface area contributed by atoms with Crippen molar-refractivity contribution in [2.24, 2.45) is 0 Å². The van der Waals surface area contributed by atoms with Gasteiger partial charge in [-0.1, -0.05) is 6.92 Å². The minimum absolute atomic E-state index is 0.0331. The summed E-state index contributed by atoms with van der Waals surface area (Å²) in [7, 11) is 3.36. The zero-order chi connectivity index (χ0) is 14.4. The van der Waals surface area contributed by atoms with E-state index in [1.54, 1.807) is 19.1 Å². The second-order valence-corrected chi connectivity index (χ2v) is 4.50. The van der Waals surface area contributed by atoms with Crippen molar-refractivity contribution in [2.75, 3.05) is 19.1 Å². The molecule has 1 amide bonds. The lowest BCUT2D eigenvalue weighted by atomic mass is 10.1. The van der Waals surface area contributed by atoms with Gasteiger partial charge in [0, 0.05) is 25.6 Å². The predicted molar refractivity (Wildman–Crippen MR) is 75.7 cm³/mol. The van der Waals surface area contributed by atoms with Gasteiger partial charge in [0.15, 0.2) is 0 Å². The van der Waals surface area contributed by atoms with Crippen molar-refractivity contribution >= 4 is 17.4 Å². The van der Waals surface area contributed by atoms with Gasteiger partial charge in [-0.25, -0.2) is 0 Å². The molecular formula is C15H21NO3. The Morgan fingerprint density at radius 3 is 2.47 bits per heavy atom. The SMILES string of the molecule is CCc1cc(N(C)C(=O)CCC(C)=O)ccc1OC. The van der Waals surface area contributed by atoms with E-state index in [4.69, 9.17) is 4.74 Å². The molecule has 0 N–H and O–H groups in total.